The minimum Gasteiger partial charge on any atom is -0.383 e. The Labute approximate surface area is 217 Å². The molecule has 0 amide bonds. The smallest absolute Gasteiger partial charge is 0.142 e. The second-order valence-corrected chi connectivity index (χ2v) is 9.52. The highest BCUT2D eigenvalue weighted by molar-refractivity contribution is 5.96. The number of anilines is 1. The Hall–Kier alpha value is -3.97. The zero-order chi connectivity index (χ0) is 25.6. The number of hydrogen-bond acceptors (Lipinski definition) is 5. The van der Waals surface area contributed by atoms with Crippen molar-refractivity contribution < 1.29 is 4.39 Å². The Kier molecular flexibility index (Phi) is 7.61. The Morgan fingerprint density at radius 2 is 1.86 bits per heavy atom. The van der Waals surface area contributed by atoms with Gasteiger partial charge >= 0.3 is 0 Å². The highest BCUT2D eigenvalue weighted by atomic mass is 19.1. The average molecular weight is 497 g/mol. The lowest BCUT2D eigenvalue weighted by molar-refractivity contribution is 0.339. The van der Waals surface area contributed by atoms with Crippen molar-refractivity contribution >= 4 is 22.8 Å². The van der Waals surface area contributed by atoms with Crippen LogP contribution in [0.2, 0.25) is 0 Å². The van der Waals surface area contributed by atoms with Crippen LogP contribution in [0.15, 0.2) is 84.1 Å². The molecule has 1 saturated heterocycles. The number of aliphatic imine (C=N–C) groups is 1. The number of piperidine rings is 1. The lowest BCUT2D eigenvalue weighted by Gasteiger charge is -2.23. The molecule has 0 spiro atoms. The first-order valence-corrected chi connectivity index (χ1v) is 12.9. The SMILES string of the molecule is C=C(N=Cc1nc(-c2cccc3ccccc23)n(CCC2CCNCC2)c1N)NCc1ccccc1F. The van der Waals surface area contributed by atoms with Gasteiger partial charge in [-0.3, -0.25) is 0 Å². The van der Waals surface area contributed by atoms with E-state index in [1.165, 1.54) is 18.9 Å². The molecule has 1 aliphatic rings. The monoisotopic (exact) mass is 496 g/mol. The van der Waals surface area contributed by atoms with Crippen molar-refractivity contribution in [2.45, 2.75) is 32.4 Å². The molecule has 190 valence electrons. The van der Waals surface area contributed by atoms with Crippen LogP contribution in [0.4, 0.5) is 10.2 Å². The number of benzene rings is 3. The van der Waals surface area contributed by atoms with Gasteiger partial charge in [0.2, 0.25) is 0 Å². The summed E-state index contributed by atoms with van der Waals surface area (Å²) >= 11 is 0. The van der Waals surface area contributed by atoms with Crippen LogP contribution >= 0.6 is 0 Å². The fraction of sp³-hybridized carbons (Fsp3) is 0.267. The molecule has 6 nitrogen and oxygen atoms in total. The molecule has 0 unspecified atom stereocenters. The van der Waals surface area contributed by atoms with Gasteiger partial charge in [0.25, 0.3) is 0 Å². The first-order valence-electron chi connectivity index (χ1n) is 12.9. The van der Waals surface area contributed by atoms with Crippen LogP contribution in [0.3, 0.4) is 0 Å². The van der Waals surface area contributed by atoms with E-state index < -0.39 is 0 Å². The molecule has 0 aliphatic carbocycles. The third-order valence-corrected chi connectivity index (χ3v) is 7.07. The highest BCUT2D eigenvalue weighted by Crippen LogP contribution is 2.31. The standard InChI is InChI=1S/C30H33FN6/c1-21(34-19-24-8-3-5-12-27(24)31)35-20-28-29(32)37(18-15-22-13-16-33-17-14-22)30(36-28)26-11-6-9-23-7-2-4-10-25(23)26/h2-12,20,22,33-34H,1,13-19,32H2. The number of imidazole rings is 1. The van der Waals surface area contributed by atoms with E-state index in [2.05, 4.69) is 57.1 Å². The Balaban J connectivity index is 1.41. The van der Waals surface area contributed by atoms with E-state index in [-0.39, 0.29) is 5.82 Å². The van der Waals surface area contributed by atoms with Crippen LogP contribution in [-0.2, 0) is 13.1 Å². The van der Waals surface area contributed by atoms with E-state index in [1.54, 1.807) is 24.4 Å². The fourth-order valence-electron chi connectivity index (χ4n) is 4.94. The maximum atomic E-state index is 13.9. The van der Waals surface area contributed by atoms with E-state index in [0.717, 1.165) is 48.2 Å². The van der Waals surface area contributed by atoms with Crippen molar-refractivity contribution in [2.24, 2.45) is 10.9 Å². The molecule has 7 heteroatoms. The van der Waals surface area contributed by atoms with Crippen LogP contribution in [0, 0.1) is 11.7 Å². The number of nitrogens with two attached hydrogens (primary N) is 1. The molecule has 2 heterocycles. The Bertz CT molecular complexity index is 1410. The minimum atomic E-state index is -0.261. The Morgan fingerprint density at radius 3 is 2.70 bits per heavy atom. The summed E-state index contributed by atoms with van der Waals surface area (Å²) in [5, 5.41) is 8.80. The normalized spacial score (nSPS) is 14.4. The Morgan fingerprint density at radius 1 is 1.11 bits per heavy atom. The van der Waals surface area contributed by atoms with Crippen molar-refractivity contribution in [3.8, 4) is 11.4 Å². The molecule has 0 radical (unpaired) electrons. The second kappa shape index (κ2) is 11.4. The molecule has 37 heavy (non-hydrogen) atoms. The minimum absolute atomic E-state index is 0.261. The van der Waals surface area contributed by atoms with Gasteiger partial charge < -0.3 is 20.9 Å². The van der Waals surface area contributed by atoms with E-state index in [9.17, 15) is 4.39 Å². The van der Waals surface area contributed by atoms with Crippen molar-refractivity contribution in [3.63, 3.8) is 0 Å². The lowest BCUT2D eigenvalue weighted by Crippen LogP contribution is -2.28. The molecule has 5 rings (SSSR count). The fourth-order valence-corrected chi connectivity index (χ4v) is 4.94. The van der Waals surface area contributed by atoms with Gasteiger partial charge in [0.15, 0.2) is 0 Å². The number of fused-ring (bicyclic) bond motifs is 1. The number of nitrogen functional groups attached to an aromatic ring is 1. The molecule has 0 bridgehead atoms. The van der Waals surface area contributed by atoms with E-state index in [1.807, 2.05) is 12.1 Å². The van der Waals surface area contributed by atoms with Crippen LogP contribution in [-0.4, -0.2) is 28.9 Å². The predicted octanol–water partition coefficient (Wildman–Crippen LogP) is 5.49. The van der Waals surface area contributed by atoms with Gasteiger partial charge in [-0.15, -0.1) is 0 Å². The lowest BCUT2D eigenvalue weighted by atomic mass is 9.94. The summed E-state index contributed by atoms with van der Waals surface area (Å²) in [5.74, 6) is 2.25. The number of aromatic nitrogens is 2. The molecular formula is C30H33FN6. The van der Waals surface area contributed by atoms with Gasteiger partial charge in [-0.1, -0.05) is 67.2 Å². The first-order chi connectivity index (χ1) is 18.1. The van der Waals surface area contributed by atoms with Gasteiger partial charge in [-0.2, -0.15) is 0 Å². The van der Waals surface area contributed by atoms with Gasteiger partial charge in [-0.05, 0) is 55.1 Å². The van der Waals surface area contributed by atoms with Crippen molar-refractivity contribution in [2.75, 3.05) is 18.8 Å². The zero-order valence-electron chi connectivity index (χ0n) is 21.0. The van der Waals surface area contributed by atoms with Crippen molar-refractivity contribution in [1.29, 1.82) is 0 Å². The van der Waals surface area contributed by atoms with Crippen molar-refractivity contribution in [3.05, 3.63) is 96.2 Å². The summed E-state index contributed by atoms with van der Waals surface area (Å²) in [5.41, 5.74) is 8.87. The summed E-state index contributed by atoms with van der Waals surface area (Å²) in [6.07, 6.45) is 5.05. The molecule has 1 fully saturated rings. The molecule has 1 aromatic heterocycles. The first kappa shape index (κ1) is 24.7. The van der Waals surface area contributed by atoms with Crippen LogP contribution in [0.5, 0.6) is 0 Å². The van der Waals surface area contributed by atoms with E-state index in [4.69, 9.17) is 10.7 Å². The van der Waals surface area contributed by atoms with Gasteiger partial charge in [0.05, 0.1) is 6.21 Å². The molecule has 0 atom stereocenters. The molecular weight excluding hydrogens is 463 g/mol. The molecule has 4 N–H and O–H groups in total. The third kappa shape index (κ3) is 5.73. The number of rotatable bonds is 9. The summed E-state index contributed by atoms with van der Waals surface area (Å²) < 4.78 is 16.1. The number of nitrogens with zero attached hydrogens (tertiary/aromatic N) is 3. The zero-order valence-corrected chi connectivity index (χ0v) is 21.0. The second-order valence-electron chi connectivity index (χ2n) is 9.52. The van der Waals surface area contributed by atoms with Gasteiger partial charge in [0, 0.05) is 24.2 Å². The maximum Gasteiger partial charge on any atom is 0.142 e. The molecule has 3 aromatic carbocycles. The average Bonchev–Trinajstić information content (AvgIpc) is 3.25. The number of hydrogen-bond donors (Lipinski definition) is 3. The summed E-state index contributed by atoms with van der Waals surface area (Å²) in [6, 6.07) is 21.2. The number of halogens is 1. The predicted molar refractivity (Wildman–Crippen MR) is 150 cm³/mol. The third-order valence-electron chi connectivity index (χ3n) is 7.07. The van der Waals surface area contributed by atoms with Gasteiger partial charge in [0.1, 0.15) is 29.0 Å². The van der Waals surface area contributed by atoms with Crippen LogP contribution in [0.25, 0.3) is 22.2 Å². The molecule has 4 aromatic rings. The van der Waals surface area contributed by atoms with Crippen molar-refractivity contribution in [1.82, 2.24) is 20.2 Å². The van der Waals surface area contributed by atoms with Gasteiger partial charge in [-0.25, -0.2) is 14.4 Å². The van der Waals surface area contributed by atoms with E-state index >= 15 is 0 Å². The highest BCUT2D eigenvalue weighted by Gasteiger charge is 2.19. The van der Waals surface area contributed by atoms with Crippen LogP contribution < -0.4 is 16.4 Å². The summed E-state index contributed by atoms with van der Waals surface area (Å²) in [7, 11) is 0. The molecule has 1 aliphatic heterocycles. The number of nitrogens with one attached hydrogen (secondary N) is 2. The van der Waals surface area contributed by atoms with Crippen LogP contribution in [0.1, 0.15) is 30.5 Å². The largest absolute Gasteiger partial charge is 0.383 e. The van der Waals surface area contributed by atoms with E-state index in [0.29, 0.717) is 35.4 Å². The maximum absolute atomic E-state index is 13.9. The summed E-state index contributed by atoms with van der Waals surface area (Å²) in [6.45, 7) is 7.19. The summed E-state index contributed by atoms with van der Waals surface area (Å²) in [4.78, 5) is 9.39. The topological polar surface area (TPSA) is 80.3 Å². The molecule has 0 saturated carbocycles. The quantitative estimate of drug-likeness (QED) is 0.268.